The number of aryl methyl sites for hydroxylation is 1. The zero-order valence-electron chi connectivity index (χ0n) is 21.1. The molecule has 0 bridgehead atoms. The molecule has 0 aliphatic heterocycles. The predicted molar refractivity (Wildman–Crippen MR) is 144 cm³/mol. The average molecular weight is 495 g/mol. The Morgan fingerprint density at radius 3 is 2.49 bits per heavy atom. The lowest BCUT2D eigenvalue weighted by Crippen LogP contribution is -2.39. The van der Waals surface area contributed by atoms with Crippen LogP contribution >= 0.6 is 0 Å². The highest BCUT2D eigenvalue weighted by molar-refractivity contribution is 5.99. The van der Waals surface area contributed by atoms with Gasteiger partial charge in [-0.15, -0.1) is 0 Å². The highest BCUT2D eigenvalue weighted by Crippen LogP contribution is 2.30. The lowest BCUT2D eigenvalue weighted by molar-refractivity contribution is -0.117. The predicted octanol–water partition coefficient (Wildman–Crippen LogP) is 5.35. The van der Waals surface area contributed by atoms with Gasteiger partial charge in [-0.25, -0.2) is 4.98 Å². The molecule has 1 heterocycles. The Kier molecular flexibility index (Phi) is 7.03. The van der Waals surface area contributed by atoms with Crippen molar-refractivity contribution in [3.8, 4) is 22.7 Å². The number of hydrogen-bond acceptors (Lipinski definition) is 4. The number of benzene rings is 3. The Labute approximate surface area is 216 Å². The number of nitrogens with zero attached hydrogens (tertiary/aromatic N) is 3. The monoisotopic (exact) mass is 494 g/mol. The van der Waals surface area contributed by atoms with Gasteiger partial charge in [0.25, 0.3) is 5.91 Å². The highest BCUT2D eigenvalue weighted by Gasteiger charge is 2.29. The van der Waals surface area contributed by atoms with Gasteiger partial charge in [-0.2, -0.15) is 0 Å². The standard InChI is InChI=1S/C30H30N4O3/c1-21-11-15-25(16-12-21)34-19-27(23-7-4-3-5-8-23)31-30(34)32-28(35)20-33(18-22-13-14-22)29(36)24-9-6-10-26(17-24)37-2/h3-12,15-17,19,22H,13-14,18,20H2,1-2H3,(H,31,32,35). The van der Waals surface area contributed by atoms with E-state index >= 15 is 0 Å². The number of anilines is 1. The van der Waals surface area contributed by atoms with Crippen LogP contribution in [0.5, 0.6) is 5.75 Å². The van der Waals surface area contributed by atoms with Crippen LogP contribution in [0.3, 0.4) is 0 Å². The topological polar surface area (TPSA) is 76.5 Å². The number of imidazole rings is 1. The van der Waals surface area contributed by atoms with E-state index in [9.17, 15) is 9.59 Å². The molecular weight excluding hydrogens is 464 g/mol. The van der Waals surface area contributed by atoms with Crippen LogP contribution in [-0.2, 0) is 4.79 Å². The van der Waals surface area contributed by atoms with Crippen molar-refractivity contribution in [1.29, 1.82) is 0 Å². The SMILES string of the molecule is COc1cccc(C(=O)N(CC(=O)Nc2nc(-c3ccccc3)cn2-c2ccc(C)cc2)CC2CC2)c1. The van der Waals surface area contributed by atoms with Crippen LogP contribution < -0.4 is 10.1 Å². The highest BCUT2D eigenvalue weighted by atomic mass is 16.5. The van der Waals surface area contributed by atoms with Gasteiger partial charge in [0.2, 0.25) is 11.9 Å². The Balaban J connectivity index is 1.40. The minimum atomic E-state index is -0.296. The first-order valence-electron chi connectivity index (χ1n) is 12.4. The quantitative estimate of drug-likeness (QED) is 0.340. The van der Waals surface area contributed by atoms with E-state index in [-0.39, 0.29) is 18.4 Å². The van der Waals surface area contributed by atoms with Crippen LogP contribution in [0.2, 0.25) is 0 Å². The van der Waals surface area contributed by atoms with Crippen LogP contribution in [0.1, 0.15) is 28.8 Å². The first-order chi connectivity index (χ1) is 18.0. The molecule has 5 rings (SSSR count). The molecule has 1 saturated carbocycles. The molecule has 0 saturated heterocycles. The first kappa shape index (κ1) is 24.3. The average Bonchev–Trinajstić information content (AvgIpc) is 3.65. The normalized spacial score (nSPS) is 12.7. The number of rotatable bonds is 9. The molecule has 2 amide bonds. The second-order valence-corrected chi connectivity index (χ2v) is 9.43. The van der Waals surface area contributed by atoms with Crippen LogP contribution in [0, 0.1) is 12.8 Å². The molecule has 4 aromatic rings. The van der Waals surface area contributed by atoms with Gasteiger partial charge in [0.1, 0.15) is 12.3 Å². The van der Waals surface area contributed by atoms with Gasteiger partial charge in [-0.05, 0) is 56.0 Å². The van der Waals surface area contributed by atoms with Crippen LogP contribution in [-0.4, -0.2) is 46.5 Å². The molecule has 1 fully saturated rings. The summed E-state index contributed by atoms with van der Waals surface area (Å²) in [6.45, 7) is 2.52. The zero-order chi connectivity index (χ0) is 25.8. The van der Waals surface area contributed by atoms with E-state index in [2.05, 4.69) is 5.32 Å². The third-order valence-corrected chi connectivity index (χ3v) is 6.45. The smallest absolute Gasteiger partial charge is 0.254 e. The molecule has 1 aliphatic rings. The third-order valence-electron chi connectivity index (χ3n) is 6.45. The Morgan fingerprint density at radius 1 is 1.03 bits per heavy atom. The van der Waals surface area contributed by atoms with Crippen molar-refractivity contribution < 1.29 is 14.3 Å². The lowest BCUT2D eigenvalue weighted by atomic mass is 10.1. The van der Waals surface area contributed by atoms with Gasteiger partial charge in [0, 0.05) is 29.6 Å². The summed E-state index contributed by atoms with van der Waals surface area (Å²) in [7, 11) is 1.57. The molecule has 1 N–H and O–H groups in total. The first-order valence-corrected chi connectivity index (χ1v) is 12.4. The van der Waals surface area contributed by atoms with E-state index in [4.69, 9.17) is 9.72 Å². The number of nitrogens with one attached hydrogen (secondary N) is 1. The fourth-order valence-electron chi connectivity index (χ4n) is 4.23. The Hall–Kier alpha value is -4.39. The number of aromatic nitrogens is 2. The van der Waals surface area contributed by atoms with Gasteiger partial charge >= 0.3 is 0 Å². The molecule has 0 radical (unpaired) electrons. The summed E-state index contributed by atoms with van der Waals surface area (Å²) >= 11 is 0. The molecule has 0 spiro atoms. The summed E-state index contributed by atoms with van der Waals surface area (Å²) < 4.78 is 7.15. The van der Waals surface area contributed by atoms with Crippen LogP contribution in [0.15, 0.2) is 85.1 Å². The zero-order valence-corrected chi connectivity index (χ0v) is 21.1. The molecule has 0 unspecified atom stereocenters. The number of amides is 2. The summed E-state index contributed by atoms with van der Waals surface area (Å²) in [6.07, 6.45) is 4.06. The van der Waals surface area contributed by atoms with Crippen molar-refractivity contribution in [3.63, 3.8) is 0 Å². The largest absolute Gasteiger partial charge is 0.497 e. The third kappa shape index (κ3) is 5.89. The summed E-state index contributed by atoms with van der Waals surface area (Å²) in [5, 5.41) is 2.96. The Bertz CT molecular complexity index is 1390. The summed E-state index contributed by atoms with van der Waals surface area (Å²) in [5.41, 5.74) is 4.23. The molecule has 0 atom stereocenters. The molecule has 1 aromatic heterocycles. The molecule has 3 aromatic carbocycles. The van der Waals surface area contributed by atoms with E-state index < -0.39 is 0 Å². The lowest BCUT2D eigenvalue weighted by Gasteiger charge is -2.22. The molecule has 188 valence electrons. The number of methoxy groups -OCH3 is 1. The van der Waals surface area contributed by atoms with Gasteiger partial charge in [-0.3, -0.25) is 19.5 Å². The van der Waals surface area contributed by atoms with Crippen molar-refractivity contribution in [3.05, 3.63) is 96.2 Å². The van der Waals surface area contributed by atoms with E-state index in [0.29, 0.717) is 29.7 Å². The number of ether oxygens (including phenoxy) is 1. The Morgan fingerprint density at radius 2 is 1.78 bits per heavy atom. The van der Waals surface area contributed by atoms with Crippen molar-refractivity contribution in [2.24, 2.45) is 5.92 Å². The van der Waals surface area contributed by atoms with E-state index in [1.54, 1.807) is 36.3 Å². The van der Waals surface area contributed by atoms with Gasteiger partial charge < -0.3 is 9.64 Å². The molecule has 1 aliphatic carbocycles. The van der Waals surface area contributed by atoms with Gasteiger partial charge in [0.05, 0.1) is 12.8 Å². The van der Waals surface area contributed by atoms with Crippen molar-refractivity contribution in [2.75, 3.05) is 25.5 Å². The maximum atomic E-state index is 13.3. The van der Waals surface area contributed by atoms with Crippen LogP contribution in [0.25, 0.3) is 16.9 Å². The van der Waals surface area contributed by atoms with Crippen molar-refractivity contribution in [2.45, 2.75) is 19.8 Å². The molecular formula is C30H30N4O3. The van der Waals surface area contributed by atoms with Gasteiger partial charge in [0.15, 0.2) is 0 Å². The minimum absolute atomic E-state index is 0.0615. The summed E-state index contributed by atoms with van der Waals surface area (Å²) in [5.74, 6) is 0.966. The van der Waals surface area contributed by atoms with Gasteiger partial charge in [-0.1, -0.05) is 54.1 Å². The van der Waals surface area contributed by atoms with Crippen LogP contribution in [0.4, 0.5) is 5.95 Å². The minimum Gasteiger partial charge on any atom is -0.497 e. The number of hydrogen-bond donors (Lipinski definition) is 1. The number of carbonyl (C=O) groups is 2. The fourth-order valence-corrected chi connectivity index (χ4v) is 4.23. The summed E-state index contributed by atoms with van der Waals surface area (Å²) in [6, 6.07) is 24.9. The summed E-state index contributed by atoms with van der Waals surface area (Å²) in [4.78, 5) is 33.0. The fraction of sp³-hybridized carbons (Fsp3) is 0.233. The maximum Gasteiger partial charge on any atom is 0.254 e. The molecule has 7 heteroatoms. The van der Waals surface area contributed by atoms with E-state index in [1.807, 2.05) is 72.3 Å². The maximum absolute atomic E-state index is 13.3. The van der Waals surface area contributed by atoms with E-state index in [0.717, 1.165) is 35.3 Å². The second kappa shape index (κ2) is 10.7. The van der Waals surface area contributed by atoms with Crippen molar-refractivity contribution >= 4 is 17.8 Å². The molecule has 37 heavy (non-hydrogen) atoms. The number of carbonyl (C=O) groups excluding carboxylic acids is 2. The van der Waals surface area contributed by atoms with E-state index in [1.165, 1.54) is 0 Å². The molecule has 7 nitrogen and oxygen atoms in total. The second-order valence-electron chi connectivity index (χ2n) is 9.43. The van der Waals surface area contributed by atoms with Crippen molar-refractivity contribution in [1.82, 2.24) is 14.5 Å².